The predicted octanol–water partition coefficient (Wildman–Crippen LogP) is 5.92. The molecule has 0 saturated carbocycles. The molecule has 4 aromatic rings. The molecule has 4 heteroatoms. The van der Waals surface area contributed by atoms with Crippen LogP contribution in [-0.2, 0) is 4.79 Å². The van der Waals surface area contributed by atoms with Gasteiger partial charge in [-0.15, -0.1) is 0 Å². The van der Waals surface area contributed by atoms with Gasteiger partial charge in [0.1, 0.15) is 28.4 Å². The molecule has 0 bridgehead atoms. The Hall–Kier alpha value is -3.79. The van der Waals surface area contributed by atoms with Crippen LogP contribution in [-0.4, -0.2) is 10.9 Å². The van der Waals surface area contributed by atoms with Crippen molar-refractivity contribution < 1.29 is 18.7 Å². The van der Waals surface area contributed by atoms with Crippen molar-refractivity contribution in [2.45, 2.75) is 0 Å². The molecular formula is C23H16O4. The molecule has 1 N–H and O–H groups in total. The van der Waals surface area contributed by atoms with Crippen LogP contribution in [0.2, 0.25) is 0 Å². The van der Waals surface area contributed by atoms with E-state index in [1.165, 1.54) is 12.2 Å². The molecule has 0 aliphatic rings. The molecule has 0 atom stereocenters. The Morgan fingerprint density at radius 2 is 1.30 bits per heavy atom. The molecule has 0 amide bonds. The maximum absolute atomic E-state index is 12.0. The second kappa shape index (κ2) is 7.22. The zero-order valence-corrected chi connectivity index (χ0v) is 14.3. The van der Waals surface area contributed by atoms with Gasteiger partial charge in [0.05, 0.1) is 0 Å². The van der Waals surface area contributed by atoms with Gasteiger partial charge in [-0.25, -0.2) is 0 Å². The number of aliphatic hydroxyl groups is 1. The van der Waals surface area contributed by atoms with Crippen LogP contribution in [0.15, 0.2) is 93.5 Å². The Morgan fingerprint density at radius 3 is 1.85 bits per heavy atom. The number of aliphatic hydroxyl groups excluding tert-OH is 1. The molecule has 0 aliphatic heterocycles. The highest BCUT2D eigenvalue weighted by Crippen LogP contribution is 2.21. The third-order valence-electron chi connectivity index (χ3n) is 4.01. The lowest BCUT2D eigenvalue weighted by molar-refractivity contribution is -0.110. The zero-order valence-electron chi connectivity index (χ0n) is 14.3. The molecule has 132 valence electrons. The van der Waals surface area contributed by atoms with Crippen molar-refractivity contribution in [2.24, 2.45) is 0 Å². The van der Waals surface area contributed by atoms with E-state index >= 15 is 0 Å². The summed E-state index contributed by atoms with van der Waals surface area (Å²) in [7, 11) is 0. The van der Waals surface area contributed by atoms with E-state index in [9.17, 15) is 9.90 Å². The van der Waals surface area contributed by atoms with Gasteiger partial charge >= 0.3 is 0 Å². The number of rotatable bonds is 5. The van der Waals surface area contributed by atoms with Crippen LogP contribution in [0.1, 0.15) is 11.5 Å². The molecular weight excluding hydrogens is 340 g/mol. The minimum Gasteiger partial charge on any atom is -0.508 e. The average Bonchev–Trinajstić information content (AvgIpc) is 3.27. The van der Waals surface area contributed by atoms with Crippen molar-refractivity contribution in [1.29, 1.82) is 0 Å². The summed E-state index contributed by atoms with van der Waals surface area (Å²) >= 11 is 0. The lowest BCUT2D eigenvalue weighted by Crippen LogP contribution is -1.88. The van der Waals surface area contributed by atoms with Crippen LogP contribution < -0.4 is 0 Å². The van der Waals surface area contributed by atoms with Crippen LogP contribution in [0.3, 0.4) is 0 Å². The van der Waals surface area contributed by atoms with Crippen LogP contribution in [0.4, 0.5) is 0 Å². The first-order valence-corrected chi connectivity index (χ1v) is 8.45. The van der Waals surface area contributed by atoms with Crippen LogP contribution in [0, 0.1) is 0 Å². The van der Waals surface area contributed by atoms with E-state index in [1.807, 2.05) is 60.7 Å². The SMILES string of the molecule is O=C(/C=C/c1cc2ccccc2o1)/C=C(O)\C=C\c1cc2ccccc2o1. The van der Waals surface area contributed by atoms with Crippen molar-refractivity contribution in [3.63, 3.8) is 0 Å². The number of carbonyl (C=O) groups excluding carboxylic acids is 1. The van der Waals surface area contributed by atoms with E-state index in [0.717, 1.165) is 28.0 Å². The predicted molar refractivity (Wildman–Crippen MR) is 106 cm³/mol. The average molecular weight is 356 g/mol. The summed E-state index contributed by atoms with van der Waals surface area (Å²) in [5, 5.41) is 11.9. The van der Waals surface area contributed by atoms with Gasteiger partial charge in [0.15, 0.2) is 5.78 Å². The molecule has 4 rings (SSSR count). The summed E-state index contributed by atoms with van der Waals surface area (Å²) in [6.45, 7) is 0. The van der Waals surface area contributed by atoms with E-state index < -0.39 is 0 Å². The zero-order chi connectivity index (χ0) is 18.6. The van der Waals surface area contributed by atoms with Crippen molar-refractivity contribution in [1.82, 2.24) is 0 Å². The fraction of sp³-hybridized carbons (Fsp3) is 0. The fourth-order valence-corrected chi connectivity index (χ4v) is 2.74. The van der Waals surface area contributed by atoms with Gasteiger partial charge in [0, 0.05) is 16.8 Å². The molecule has 0 radical (unpaired) electrons. The van der Waals surface area contributed by atoms with E-state index in [1.54, 1.807) is 12.2 Å². The van der Waals surface area contributed by atoms with Gasteiger partial charge in [0.25, 0.3) is 0 Å². The van der Waals surface area contributed by atoms with Crippen LogP contribution in [0.5, 0.6) is 0 Å². The van der Waals surface area contributed by atoms with Gasteiger partial charge in [-0.2, -0.15) is 0 Å². The number of fused-ring (bicyclic) bond motifs is 2. The Labute approximate surface area is 155 Å². The first-order chi connectivity index (χ1) is 13.2. The maximum Gasteiger partial charge on any atom is 0.182 e. The number of hydrogen-bond acceptors (Lipinski definition) is 4. The number of carbonyl (C=O) groups is 1. The van der Waals surface area contributed by atoms with Gasteiger partial charge in [-0.1, -0.05) is 36.4 Å². The van der Waals surface area contributed by atoms with Crippen molar-refractivity contribution >= 4 is 39.9 Å². The number of allylic oxidation sites excluding steroid dienone is 3. The van der Waals surface area contributed by atoms with E-state index in [2.05, 4.69) is 0 Å². The normalized spacial score (nSPS) is 12.7. The van der Waals surface area contributed by atoms with Crippen molar-refractivity contribution in [2.75, 3.05) is 0 Å². The van der Waals surface area contributed by atoms with Gasteiger partial charge < -0.3 is 13.9 Å². The summed E-state index contributed by atoms with van der Waals surface area (Å²) in [5.41, 5.74) is 1.53. The van der Waals surface area contributed by atoms with Crippen LogP contribution in [0.25, 0.3) is 34.1 Å². The number of para-hydroxylation sites is 2. The molecule has 0 unspecified atom stereocenters. The molecule has 0 aliphatic carbocycles. The minimum atomic E-state index is -0.345. The second-order valence-electron chi connectivity index (χ2n) is 6.01. The van der Waals surface area contributed by atoms with Gasteiger partial charge in [0.2, 0.25) is 0 Å². The molecule has 0 fully saturated rings. The summed E-state index contributed by atoms with van der Waals surface area (Å²) < 4.78 is 11.2. The van der Waals surface area contributed by atoms with Crippen LogP contribution >= 0.6 is 0 Å². The molecule has 27 heavy (non-hydrogen) atoms. The molecule has 2 heterocycles. The molecule has 0 spiro atoms. The van der Waals surface area contributed by atoms with E-state index in [0.29, 0.717) is 11.5 Å². The molecule has 2 aromatic carbocycles. The van der Waals surface area contributed by atoms with Gasteiger partial charge in [-0.05, 0) is 48.6 Å². The highest BCUT2D eigenvalue weighted by atomic mass is 16.3. The standard InChI is InChI=1S/C23H16O4/c24-18(9-11-20-13-16-5-1-3-7-22(16)26-20)15-19(25)10-12-21-14-17-6-2-4-8-23(17)27-21/h1-15,24H/b11-9+,12-10+,18-15+. The topological polar surface area (TPSA) is 63.6 Å². The largest absolute Gasteiger partial charge is 0.508 e. The number of hydrogen-bond donors (Lipinski definition) is 1. The molecule has 0 saturated heterocycles. The lowest BCUT2D eigenvalue weighted by Gasteiger charge is -1.89. The third-order valence-corrected chi connectivity index (χ3v) is 4.01. The number of furan rings is 2. The van der Waals surface area contributed by atoms with Crippen molar-refractivity contribution in [3.8, 4) is 0 Å². The Kier molecular flexibility index (Phi) is 4.45. The maximum atomic E-state index is 12.0. The Bertz CT molecular complexity index is 1140. The quantitative estimate of drug-likeness (QED) is 0.274. The Morgan fingerprint density at radius 1 is 0.778 bits per heavy atom. The summed E-state index contributed by atoms with van der Waals surface area (Å²) in [5.74, 6) is 0.675. The first kappa shape index (κ1) is 16.7. The fourth-order valence-electron chi connectivity index (χ4n) is 2.74. The highest BCUT2D eigenvalue weighted by molar-refractivity contribution is 6.02. The smallest absolute Gasteiger partial charge is 0.182 e. The van der Waals surface area contributed by atoms with E-state index in [4.69, 9.17) is 8.83 Å². The molecule has 2 aromatic heterocycles. The summed E-state index contributed by atoms with van der Waals surface area (Å²) in [6, 6.07) is 19.0. The summed E-state index contributed by atoms with van der Waals surface area (Å²) in [4.78, 5) is 12.0. The van der Waals surface area contributed by atoms with E-state index in [-0.39, 0.29) is 11.5 Å². The highest BCUT2D eigenvalue weighted by Gasteiger charge is 2.02. The Balaban J connectivity index is 1.44. The monoisotopic (exact) mass is 356 g/mol. The lowest BCUT2D eigenvalue weighted by atomic mass is 10.2. The van der Waals surface area contributed by atoms with Crippen molar-refractivity contribution in [3.05, 3.63) is 96.2 Å². The summed E-state index contributed by atoms with van der Waals surface area (Å²) in [6.07, 6.45) is 7.10. The minimum absolute atomic E-state index is 0.158. The number of ketones is 1. The second-order valence-corrected chi connectivity index (χ2v) is 6.01. The number of benzene rings is 2. The first-order valence-electron chi connectivity index (χ1n) is 8.45. The molecule has 4 nitrogen and oxygen atoms in total. The third kappa shape index (κ3) is 3.90. The van der Waals surface area contributed by atoms with Gasteiger partial charge in [-0.3, -0.25) is 4.79 Å².